The van der Waals surface area contributed by atoms with Crippen molar-refractivity contribution in [3.8, 4) is 11.8 Å². The second-order valence-corrected chi connectivity index (χ2v) is 9.03. The summed E-state index contributed by atoms with van der Waals surface area (Å²) in [7, 11) is 0. The minimum absolute atomic E-state index is 0.112. The number of benzene rings is 1. The van der Waals surface area contributed by atoms with Gasteiger partial charge in [-0.05, 0) is 59.4 Å². The van der Waals surface area contributed by atoms with E-state index in [9.17, 15) is 13.2 Å². The SMILES string of the molecule is CC(C)(C)CNc1ccc(C#CC2CCN(CC(F)(F)F)CC2)c(Br)c1N. The molecule has 27 heavy (non-hydrogen) atoms. The molecule has 150 valence electrons. The largest absolute Gasteiger partial charge is 0.401 e. The van der Waals surface area contributed by atoms with Crippen molar-refractivity contribution in [2.45, 2.75) is 39.8 Å². The standard InChI is InChI=1S/C20H27BrF3N3/c1-19(2,3)12-26-16-7-6-15(17(21)18(16)25)5-4-14-8-10-27(11-9-14)13-20(22,23)24/h6-7,14,26H,8-13,25H2,1-3H3. The van der Waals surface area contributed by atoms with Gasteiger partial charge in [0.2, 0.25) is 0 Å². The maximum atomic E-state index is 12.4. The van der Waals surface area contributed by atoms with Gasteiger partial charge in [-0.3, -0.25) is 4.90 Å². The molecule has 0 amide bonds. The summed E-state index contributed by atoms with van der Waals surface area (Å²) in [5.41, 5.74) is 8.62. The van der Waals surface area contributed by atoms with E-state index in [0.717, 1.165) is 22.3 Å². The fourth-order valence-electron chi connectivity index (χ4n) is 2.87. The maximum absolute atomic E-state index is 12.4. The molecule has 0 aliphatic carbocycles. The third-order valence-corrected chi connectivity index (χ3v) is 5.24. The number of rotatable bonds is 3. The van der Waals surface area contributed by atoms with Gasteiger partial charge in [-0.15, -0.1) is 0 Å². The quantitative estimate of drug-likeness (QED) is 0.501. The lowest BCUT2D eigenvalue weighted by molar-refractivity contribution is -0.148. The van der Waals surface area contributed by atoms with E-state index in [4.69, 9.17) is 5.73 Å². The van der Waals surface area contributed by atoms with Gasteiger partial charge in [-0.25, -0.2) is 0 Å². The van der Waals surface area contributed by atoms with Gasteiger partial charge in [0, 0.05) is 18.0 Å². The summed E-state index contributed by atoms with van der Waals surface area (Å²) in [6, 6.07) is 3.83. The molecule has 1 saturated heterocycles. The molecule has 7 heteroatoms. The van der Waals surface area contributed by atoms with Crippen LogP contribution in [-0.4, -0.2) is 37.3 Å². The Balaban J connectivity index is 1.98. The first kappa shape index (κ1) is 21.9. The molecule has 0 unspecified atom stereocenters. The van der Waals surface area contributed by atoms with Crippen molar-refractivity contribution in [3.05, 3.63) is 22.2 Å². The molecule has 3 N–H and O–H groups in total. The van der Waals surface area contributed by atoms with Gasteiger partial charge in [-0.2, -0.15) is 13.2 Å². The Bertz CT molecular complexity index is 706. The average molecular weight is 446 g/mol. The number of likely N-dealkylation sites (tertiary alicyclic amines) is 1. The number of hydrogen-bond acceptors (Lipinski definition) is 3. The Morgan fingerprint density at radius 3 is 2.41 bits per heavy atom. The molecule has 1 fully saturated rings. The number of piperidine rings is 1. The number of halogens is 4. The van der Waals surface area contributed by atoms with E-state index in [-0.39, 0.29) is 11.3 Å². The van der Waals surface area contributed by atoms with E-state index < -0.39 is 12.7 Å². The zero-order valence-electron chi connectivity index (χ0n) is 16.0. The lowest BCUT2D eigenvalue weighted by Gasteiger charge is -2.30. The van der Waals surface area contributed by atoms with Crippen LogP contribution in [0.15, 0.2) is 16.6 Å². The van der Waals surface area contributed by atoms with Crippen LogP contribution < -0.4 is 11.1 Å². The highest BCUT2D eigenvalue weighted by atomic mass is 79.9. The number of alkyl halides is 3. The third-order valence-electron chi connectivity index (χ3n) is 4.39. The molecular weight excluding hydrogens is 419 g/mol. The first-order valence-electron chi connectivity index (χ1n) is 9.07. The normalized spacial score (nSPS) is 16.7. The summed E-state index contributed by atoms with van der Waals surface area (Å²) in [6.07, 6.45) is -2.83. The molecule has 0 atom stereocenters. The second-order valence-electron chi connectivity index (χ2n) is 8.24. The van der Waals surface area contributed by atoms with Crippen LogP contribution in [0.5, 0.6) is 0 Å². The summed E-state index contributed by atoms with van der Waals surface area (Å²) >= 11 is 3.52. The number of anilines is 2. The zero-order valence-corrected chi connectivity index (χ0v) is 17.6. The summed E-state index contributed by atoms with van der Waals surface area (Å²) in [4.78, 5) is 1.45. The molecule has 0 saturated carbocycles. The van der Waals surface area contributed by atoms with Crippen LogP contribution in [-0.2, 0) is 0 Å². The molecule has 1 aliphatic rings. The first-order valence-corrected chi connectivity index (χ1v) is 9.86. The van der Waals surface area contributed by atoms with E-state index in [1.807, 2.05) is 12.1 Å². The summed E-state index contributed by atoms with van der Waals surface area (Å²) < 4.78 is 38.1. The Labute approximate surface area is 168 Å². The molecule has 1 aromatic rings. The van der Waals surface area contributed by atoms with E-state index >= 15 is 0 Å². The van der Waals surface area contributed by atoms with Gasteiger partial charge in [0.1, 0.15) is 0 Å². The Morgan fingerprint density at radius 1 is 1.22 bits per heavy atom. The van der Waals surface area contributed by atoms with Crippen molar-refractivity contribution < 1.29 is 13.2 Å². The van der Waals surface area contributed by atoms with Crippen LogP contribution in [0.2, 0.25) is 0 Å². The summed E-state index contributed by atoms with van der Waals surface area (Å²) in [5, 5.41) is 3.35. The zero-order chi connectivity index (χ0) is 20.2. The number of nitrogens with zero attached hydrogens (tertiary/aromatic N) is 1. The fraction of sp³-hybridized carbons (Fsp3) is 0.600. The van der Waals surface area contributed by atoms with Gasteiger partial charge in [0.25, 0.3) is 0 Å². The predicted octanol–water partition coefficient (Wildman–Crippen LogP) is 5.12. The van der Waals surface area contributed by atoms with Crippen molar-refractivity contribution in [1.29, 1.82) is 0 Å². The second kappa shape index (κ2) is 8.74. The molecule has 1 heterocycles. The van der Waals surface area contributed by atoms with E-state index in [2.05, 4.69) is 53.9 Å². The van der Waals surface area contributed by atoms with Crippen LogP contribution in [0.1, 0.15) is 39.2 Å². The van der Waals surface area contributed by atoms with Gasteiger partial charge >= 0.3 is 6.18 Å². The van der Waals surface area contributed by atoms with Crippen LogP contribution >= 0.6 is 15.9 Å². The monoisotopic (exact) mass is 445 g/mol. The van der Waals surface area contributed by atoms with Crippen molar-refractivity contribution in [1.82, 2.24) is 4.90 Å². The number of nitrogens with one attached hydrogen (secondary N) is 1. The summed E-state index contributed by atoms with van der Waals surface area (Å²) in [5.74, 6) is 6.45. The molecule has 3 nitrogen and oxygen atoms in total. The molecular formula is C20H27BrF3N3. The Hall–Kier alpha value is -1.39. The molecule has 1 aromatic carbocycles. The van der Waals surface area contributed by atoms with Crippen molar-refractivity contribution >= 4 is 27.3 Å². The number of nitrogen functional groups attached to an aromatic ring is 1. The maximum Gasteiger partial charge on any atom is 0.401 e. The minimum atomic E-state index is -4.14. The van der Waals surface area contributed by atoms with Crippen molar-refractivity contribution in [3.63, 3.8) is 0 Å². The first-order chi connectivity index (χ1) is 12.4. The highest BCUT2D eigenvalue weighted by molar-refractivity contribution is 9.10. The Morgan fingerprint density at radius 2 is 1.85 bits per heavy atom. The van der Waals surface area contributed by atoms with E-state index in [0.29, 0.717) is 31.6 Å². The number of nitrogens with two attached hydrogens (primary N) is 1. The fourth-order valence-corrected chi connectivity index (χ4v) is 3.32. The van der Waals surface area contributed by atoms with Crippen LogP contribution in [0.25, 0.3) is 0 Å². The van der Waals surface area contributed by atoms with Gasteiger partial charge in [0.05, 0.1) is 22.4 Å². The van der Waals surface area contributed by atoms with E-state index in [1.54, 1.807) is 0 Å². The molecule has 0 bridgehead atoms. The van der Waals surface area contributed by atoms with Crippen LogP contribution in [0.3, 0.4) is 0 Å². The van der Waals surface area contributed by atoms with E-state index in [1.165, 1.54) is 4.90 Å². The topological polar surface area (TPSA) is 41.3 Å². The highest BCUT2D eigenvalue weighted by Crippen LogP contribution is 2.32. The lowest BCUT2D eigenvalue weighted by Crippen LogP contribution is -2.39. The Kier molecular flexibility index (Phi) is 7.09. The summed E-state index contributed by atoms with van der Waals surface area (Å²) in [6.45, 7) is 7.25. The number of hydrogen-bond donors (Lipinski definition) is 2. The van der Waals surface area contributed by atoms with Gasteiger partial charge < -0.3 is 11.1 Å². The molecule has 0 spiro atoms. The smallest absolute Gasteiger partial charge is 0.396 e. The van der Waals surface area contributed by atoms with Gasteiger partial charge in [0.15, 0.2) is 0 Å². The average Bonchev–Trinajstić information content (AvgIpc) is 2.54. The highest BCUT2D eigenvalue weighted by Gasteiger charge is 2.32. The lowest BCUT2D eigenvalue weighted by atomic mass is 9.96. The van der Waals surface area contributed by atoms with Gasteiger partial charge in [-0.1, -0.05) is 32.6 Å². The predicted molar refractivity (Wildman–Crippen MR) is 109 cm³/mol. The third kappa shape index (κ3) is 7.27. The molecule has 2 rings (SSSR count). The van der Waals surface area contributed by atoms with Crippen molar-refractivity contribution in [2.75, 3.05) is 37.2 Å². The van der Waals surface area contributed by atoms with Crippen LogP contribution in [0, 0.1) is 23.2 Å². The molecule has 1 aliphatic heterocycles. The molecule has 0 radical (unpaired) electrons. The minimum Gasteiger partial charge on any atom is -0.396 e. The molecule has 0 aromatic heterocycles. The van der Waals surface area contributed by atoms with Crippen LogP contribution in [0.4, 0.5) is 24.5 Å². The van der Waals surface area contributed by atoms with Crippen molar-refractivity contribution in [2.24, 2.45) is 11.3 Å².